The van der Waals surface area contributed by atoms with Crippen LogP contribution in [0.25, 0.3) is 5.57 Å². The number of ether oxygens (including phenoxy) is 1. The number of nitrogens with zero attached hydrogens (tertiary/aromatic N) is 1. The Balaban J connectivity index is 0.00000204. The zero-order chi connectivity index (χ0) is 22.0. The minimum Gasteiger partial charge on any atom is -0.444 e. The highest BCUT2D eigenvalue weighted by Crippen LogP contribution is 2.30. The van der Waals surface area contributed by atoms with Gasteiger partial charge in [0.15, 0.2) is 5.75 Å². The molecule has 8 nitrogen and oxygen atoms in total. The zero-order valence-corrected chi connectivity index (χ0v) is 17.6. The molecule has 4 N–H and O–H groups in total. The number of likely N-dealkylation sites (tertiary alicyclic amines) is 1. The van der Waals surface area contributed by atoms with Gasteiger partial charge >= 0.3 is 5.97 Å². The van der Waals surface area contributed by atoms with Gasteiger partial charge in [-0.1, -0.05) is 19.9 Å². The molecule has 1 fully saturated rings. The van der Waals surface area contributed by atoms with Gasteiger partial charge in [0.2, 0.25) is 0 Å². The lowest BCUT2D eigenvalue weighted by Gasteiger charge is -2.27. The van der Waals surface area contributed by atoms with Crippen LogP contribution in [0.4, 0.5) is 0 Å². The highest BCUT2D eigenvalue weighted by molar-refractivity contribution is 6.51. The summed E-state index contributed by atoms with van der Waals surface area (Å²) in [5.41, 5.74) is 6.62. The van der Waals surface area contributed by atoms with Crippen LogP contribution in [-0.4, -0.2) is 42.4 Å². The number of hydrogen-bond donors (Lipinski definition) is 2. The number of aryl methyl sites for hydroxylation is 1. The van der Waals surface area contributed by atoms with Crippen LogP contribution in [0, 0.1) is 6.92 Å². The third-order valence-electron chi connectivity index (χ3n) is 4.55. The number of piperidine rings is 1. The van der Waals surface area contributed by atoms with Gasteiger partial charge in [0.05, 0.1) is 5.56 Å². The second kappa shape index (κ2) is 12.0. The summed E-state index contributed by atoms with van der Waals surface area (Å²) in [6, 6.07) is 3.12. The maximum atomic E-state index is 12.9. The lowest BCUT2D eigenvalue weighted by atomic mass is 9.93. The third kappa shape index (κ3) is 5.88. The number of carbonyl (C=O) groups excluding carboxylic acids is 3. The van der Waals surface area contributed by atoms with E-state index in [1.807, 2.05) is 13.8 Å². The summed E-state index contributed by atoms with van der Waals surface area (Å²) in [4.78, 5) is 43.8. The number of carbonyl (C=O) groups is 3. The molecule has 0 bridgehead atoms. The van der Waals surface area contributed by atoms with Crippen LogP contribution in [0.1, 0.15) is 61.5 Å². The summed E-state index contributed by atoms with van der Waals surface area (Å²) in [5, 5.41) is 0. The van der Waals surface area contributed by atoms with Gasteiger partial charge in [-0.3, -0.25) is 15.3 Å². The van der Waals surface area contributed by atoms with E-state index in [-0.39, 0.29) is 29.5 Å². The summed E-state index contributed by atoms with van der Waals surface area (Å²) in [6.45, 7) is 8.29. The Morgan fingerprint density at radius 2 is 1.72 bits per heavy atom. The largest absolute Gasteiger partial charge is 0.444 e. The Kier molecular flexibility index (Phi) is 10.1. The van der Waals surface area contributed by atoms with Crippen LogP contribution >= 0.6 is 0 Å². The smallest absolute Gasteiger partial charge is 0.380 e. The fourth-order valence-electron chi connectivity index (χ4n) is 3.16. The molecule has 0 aliphatic carbocycles. The molecule has 2 rings (SSSR count). The molecule has 0 aromatic heterocycles. The predicted molar refractivity (Wildman–Crippen MR) is 111 cm³/mol. The first-order valence-corrected chi connectivity index (χ1v) is 9.83. The number of rotatable bonds is 6. The van der Waals surface area contributed by atoms with Crippen LogP contribution in [0.5, 0.6) is 5.75 Å². The van der Waals surface area contributed by atoms with Gasteiger partial charge in [0, 0.05) is 18.7 Å². The molecule has 8 heteroatoms. The summed E-state index contributed by atoms with van der Waals surface area (Å²) in [6.07, 6.45) is 4.46. The van der Waals surface area contributed by atoms with Crippen molar-refractivity contribution in [1.82, 2.24) is 4.90 Å². The van der Waals surface area contributed by atoms with Gasteiger partial charge < -0.3 is 14.5 Å². The van der Waals surface area contributed by atoms with Crippen molar-refractivity contribution in [2.24, 2.45) is 11.6 Å². The number of amides is 1. The molecular weight excluding hydrogens is 374 g/mol. The van der Waals surface area contributed by atoms with Crippen LogP contribution in [0.15, 0.2) is 18.2 Å². The fourth-order valence-corrected chi connectivity index (χ4v) is 3.16. The molecule has 0 spiro atoms. The Hall–Kier alpha value is -2.71. The van der Waals surface area contributed by atoms with E-state index >= 15 is 0 Å². The molecule has 1 aromatic rings. The highest BCUT2D eigenvalue weighted by atomic mass is 16.6. The van der Waals surface area contributed by atoms with E-state index in [1.165, 1.54) is 12.1 Å². The summed E-state index contributed by atoms with van der Waals surface area (Å²) in [7, 11) is 0. The van der Waals surface area contributed by atoms with Crippen molar-refractivity contribution >= 4 is 23.2 Å². The Bertz CT molecular complexity index is 768. The van der Waals surface area contributed by atoms with Crippen molar-refractivity contribution < 1.29 is 24.0 Å². The standard InChI is InChI=1S/C19H25N3O5.C2H6/c1-3-13(17(23)19(25)26-11-20)14-10-15(16(27-21)9-12(14)2)18(24)22-7-5-4-6-8-22;1-2/h3,9-10H,4-8,11,20-21H2,1-2H3;1-2H3/b13-3+;. The van der Waals surface area contributed by atoms with Crippen molar-refractivity contribution in [3.63, 3.8) is 0 Å². The molecular formula is C21H31N3O5. The van der Waals surface area contributed by atoms with Crippen molar-refractivity contribution in [3.05, 3.63) is 34.9 Å². The van der Waals surface area contributed by atoms with Gasteiger partial charge in [-0.2, -0.15) is 5.90 Å². The number of hydrogen-bond acceptors (Lipinski definition) is 7. The summed E-state index contributed by atoms with van der Waals surface area (Å²) >= 11 is 0. The molecule has 0 unspecified atom stereocenters. The first-order valence-electron chi connectivity index (χ1n) is 9.83. The highest BCUT2D eigenvalue weighted by Gasteiger charge is 2.27. The third-order valence-corrected chi connectivity index (χ3v) is 4.55. The molecule has 0 saturated carbocycles. The lowest BCUT2D eigenvalue weighted by molar-refractivity contribution is -0.151. The zero-order valence-electron chi connectivity index (χ0n) is 17.6. The van der Waals surface area contributed by atoms with E-state index < -0.39 is 11.8 Å². The van der Waals surface area contributed by atoms with Crippen LogP contribution in [-0.2, 0) is 14.3 Å². The molecule has 1 amide bonds. The molecule has 1 aliphatic rings. The molecule has 1 saturated heterocycles. The number of nitrogens with two attached hydrogens (primary N) is 2. The van der Waals surface area contributed by atoms with Gasteiger partial charge in [-0.25, -0.2) is 4.79 Å². The Morgan fingerprint density at radius 1 is 1.10 bits per heavy atom. The average Bonchev–Trinajstić information content (AvgIpc) is 2.76. The molecule has 1 aliphatic heterocycles. The van der Waals surface area contributed by atoms with E-state index in [1.54, 1.807) is 24.8 Å². The monoisotopic (exact) mass is 405 g/mol. The molecule has 0 radical (unpaired) electrons. The fraction of sp³-hybridized carbons (Fsp3) is 0.476. The van der Waals surface area contributed by atoms with Gasteiger partial charge in [0.1, 0.15) is 6.73 Å². The number of esters is 1. The number of allylic oxidation sites excluding steroid dienone is 1. The second-order valence-electron chi connectivity index (χ2n) is 6.26. The molecule has 1 aromatic carbocycles. The molecule has 1 heterocycles. The van der Waals surface area contributed by atoms with Crippen molar-refractivity contribution in [3.8, 4) is 5.75 Å². The molecule has 160 valence electrons. The Labute approximate surface area is 171 Å². The Morgan fingerprint density at radius 3 is 2.24 bits per heavy atom. The maximum absolute atomic E-state index is 12.9. The van der Waals surface area contributed by atoms with Gasteiger partial charge in [-0.05, 0) is 56.4 Å². The number of benzene rings is 1. The second-order valence-corrected chi connectivity index (χ2v) is 6.26. The van der Waals surface area contributed by atoms with Crippen LogP contribution in [0.3, 0.4) is 0 Å². The van der Waals surface area contributed by atoms with Crippen molar-refractivity contribution in [2.75, 3.05) is 19.8 Å². The lowest BCUT2D eigenvalue weighted by Crippen LogP contribution is -2.36. The van der Waals surface area contributed by atoms with E-state index in [2.05, 4.69) is 4.74 Å². The molecule has 0 atom stereocenters. The topological polar surface area (TPSA) is 125 Å². The first-order chi connectivity index (χ1) is 13.9. The van der Waals surface area contributed by atoms with E-state index in [9.17, 15) is 14.4 Å². The van der Waals surface area contributed by atoms with Crippen LogP contribution in [0.2, 0.25) is 0 Å². The minimum absolute atomic E-state index is 0.127. The quantitative estimate of drug-likeness (QED) is 0.245. The normalized spacial score (nSPS) is 13.9. The maximum Gasteiger partial charge on any atom is 0.380 e. The number of ketones is 1. The van der Waals surface area contributed by atoms with E-state index in [4.69, 9.17) is 16.5 Å². The van der Waals surface area contributed by atoms with Gasteiger partial charge in [0.25, 0.3) is 11.7 Å². The summed E-state index contributed by atoms with van der Waals surface area (Å²) in [5.74, 6) is 3.48. The minimum atomic E-state index is -1.05. The summed E-state index contributed by atoms with van der Waals surface area (Å²) < 4.78 is 4.59. The number of Topliss-reactive ketones (excluding diaryl/α,β-unsaturated/α-hetero) is 1. The van der Waals surface area contributed by atoms with Gasteiger partial charge in [-0.15, -0.1) is 0 Å². The van der Waals surface area contributed by atoms with E-state index in [0.29, 0.717) is 24.2 Å². The van der Waals surface area contributed by atoms with Crippen molar-refractivity contribution in [2.45, 2.75) is 47.0 Å². The van der Waals surface area contributed by atoms with Crippen molar-refractivity contribution in [1.29, 1.82) is 0 Å². The SMILES string of the molecule is C/C=C(/C(=O)C(=O)OCN)c1cc(C(=O)N2CCCCC2)c(ON)cc1C.CC. The first kappa shape index (κ1) is 24.3. The predicted octanol–water partition coefficient (Wildman–Crippen LogP) is 2.33. The van der Waals surface area contributed by atoms with Crippen LogP contribution < -0.4 is 16.5 Å². The molecule has 29 heavy (non-hydrogen) atoms. The van der Waals surface area contributed by atoms with E-state index in [0.717, 1.165) is 19.3 Å². The average molecular weight is 405 g/mol.